The molecule has 0 saturated heterocycles. The summed E-state index contributed by atoms with van der Waals surface area (Å²) in [5.41, 5.74) is 0. The summed E-state index contributed by atoms with van der Waals surface area (Å²) in [6.45, 7) is 16.6. The highest BCUT2D eigenvalue weighted by molar-refractivity contribution is 6.78. The molecular weight excluding hydrogens is 260 g/mol. The smallest absolute Gasteiger partial charge is 0.322 e. The average molecular weight is 293 g/mol. The van der Waals surface area contributed by atoms with Crippen LogP contribution in [0.4, 0.5) is 0 Å². The Kier molecular flexibility index (Phi) is 8.63. The SMILES string of the molecule is CCCCCO[Si](C)(C)O[Si](C)(C)OCC(C)C. The first-order valence-electron chi connectivity index (χ1n) is 7.16. The van der Waals surface area contributed by atoms with Crippen LogP contribution in [0.25, 0.3) is 0 Å². The van der Waals surface area contributed by atoms with Crippen LogP contribution in [0, 0.1) is 5.92 Å². The topological polar surface area (TPSA) is 27.7 Å². The maximum absolute atomic E-state index is 6.19. The van der Waals surface area contributed by atoms with E-state index >= 15 is 0 Å². The molecule has 5 heteroatoms. The van der Waals surface area contributed by atoms with E-state index in [9.17, 15) is 0 Å². The predicted octanol–water partition coefficient (Wildman–Crippen LogP) is 4.29. The third-order valence-electron chi connectivity index (χ3n) is 2.45. The van der Waals surface area contributed by atoms with Crippen molar-refractivity contribution in [3.8, 4) is 0 Å². The van der Waals surface area contributed by atoms with Gasteiger partial charge in [-0.15, -0.1) is 0 Å². The normalized spacial score (nSPS) is 13.3. The predicted molar refractivity (Wildman–Crippen MR) is 82.3 cm³/mol. The van der Waals surface area contributed by atoms with Crippen molar-refractivity contribution in [2.45, 2.75) is 66.2 Å². The Morgan fingerprint density at radius 3 is 1.94 bits per heavy atom. The number of hydrogen-bond donors (Lipinski definition) is 0. The van der Waals surface area contributed by atoms with Crippen molar-refractivity contribution in [2.24, 2.45) is 5.92 Å². The van der Waals surface area contributed by atoms with Crippen molar-refractivity contribution in [3.63, 3.8) is 0 Å². The largest absolute Gasteiger partial charge is 0.415 e. The molecule has 0 aromatic rings. The summed E-state index contributed by atoms with van der Waals surface area (Å²) in [7, 11) is -4.06. The Morgan fingerprint density at radius 2 is 1.44 bits per heavy atom. The standard InChI is InChI=1S/C13H32O3Si2/c1-8-9-10-11-14-17(4,5)16-18(6,7)15-12-13(2)3/h13H,8-12H2,1-7H3. The minimum Gasteiger partial charge on any atom is -0.415 e. The Labute approximate surface area is 116 Å². The number of unbranched alkanes of at least 4 members (excludes halogenated alkanes) is 2. The van der Waals surface area contributed by atoms with E-state index in [2.05, 4.69) is 47.0 Å². The van der Waals surface area contributed by atoms with Crippen molar-refractivity contribution >= 4 is 17.1 Å². The third-order valence-corrected chi connectivity index (χ3v) is 8.15. The molecular formula is C13H32O3Si2. The molecule has 0 aliphatic rings. The van der Waals surface area contributed by atoms with Crippen molar-refractivity contribution < 1.29 is 13.0 Å². The third kappa shape index (κ3) is 10.3. The van der Waals surface area contributed by atoms with Crippen LogP contribution >= 0.6 is 0 Å². The summed E-state index contributed by atoms with van der Waals surface area (Å²) in [5, 5.41) is 0. The molecule has 0 rings (SSSR count). The quantitative estimate of drug-likeness (QED) is 0.444. The van der Waals surface area contributed by atoms with Crippen molar-refractivity contribution in [1.29, 1.82) is 0 Å². The zero-order valence-corrected chi connectivity index (χ0v) is 15.3. The van der Waals surface area contributed by atoms with Gasteiger partial charge >= 0.3 is 17.1 Å². The first-order valence-corrected chi connectivity index (χ1v) is 12.8. The second kappa shape index (κ2) is 8.48. The van der Waals surface area contributed by atoms with E-state index in [0.717, 1.165) is 19.6 Å². The maximum atomic E-state index is 6.19. The average Bonchev–Trinajstić information content (AvgIpc) is 2.20. The molecule has 0 aliphatic carbocycles. The molecule has 0 aromatic carbocycles. The summed E-state index contributed by atoms with van der Waals surface area (Å²) < 4.78 is 18.1. The van der Waals surface area contributed by atoms with Gasteiger partial charge in [-0.2, -0.15) is 0 Å². The maximum Gasteiger partial charge on any atom is 0.322 e. The second-order valence-corrected chi connectivity index (χ2v) is 13.2. The second-order valence-electron chi connectivity index (χ2n) is 6.16. The molecule has 0 heterocycles. The minimum atomic E-state index is -2.03. The number of rotatable bonds is 10. The van der Waals surface area contributed by atoms with E-state index < -0.39 is 17.1 Å². The van der Waals surface area contributed by atoms with Gasteiger partial charge in [0.2, 0.25) is 0 Å². The minimum absolute atomic E-state index is 0.552. The molecule has 0 saturated carbocycles. The van der Waals surface area contributed by atoms with Gasteiger partial charge in [-0.05, 0) is 38.5 Å². The molecule has 0 amide bonds. The lowest BCUT2D eigenvalue weighted by Gasteiger charge is -2.33. The monoisotopic (exact) mass is 292 g/mol. The lowest BCUT2D eigenvalue weighted by atomic mass is 10.2. The van der Waals surface area contributed by atoms with Gasteiger partial charge in [-0.3, -0.25) is 0 Å². The highest BCUT2D eigenvalue weighted by Gasteiger charge is 2.36. The fourth-order valence-electron chi connectivity index (χ4n) is 1.69. The Bertz CT molecular complexity index is 218. The summed E-state index contributed by atoms with van der Waals surface area (Å²) in [4.78, 5) is 0. The van der Waals surface area contributed by atoms with Gasteiger partial charge in [-0.25, -0.2) is 0 Å². The summed E-state index contributed by atoms with van der Waals surface area (Å²) in [5.74, 6) is 0.552. The first kappa shape index (κ1) is 18.3. The van der Waals surface area contributed by atoms with Crippen LogP contribution in [-0.4, -0.2) is 30.3 Å². The Balaban J connectivity index is 4.03. The fraction of sp³-hybridized carbons (Fsp3) is 1.00. The molecule has 3 nitrogen and oxygen atoms in total. The van der Waals surface area contributed by atoms with Gasteiger partial charge in [0, 0.05) is 13.2 Å². The lowest BCUT2D eigenvalue weighted by Crippen LogP contribution is -2.49. The molecule has 0 aromatic heterocycles. The zero-order chi connectivity index (χ0) is 14.2. The fourth-order valence-corrected chi connectivity index (χ4v) is 8.27. The van der Waals surface area contributed by atoms with Crippen LogP contribution in [0.3, 0.4) is 0 Å². The van der Waals surface area contributed by atoms with Gasteiger partial charge in [0.1, 0.15) is 0 Å². The highest BCUT2D eigenvalue weighted by atomic mass is 28.5. The molecule has 0 spiro atoms. The molecule has 0 unspecified atom stereocenters. The molecule has 0 fully saturated rings. The molecule has 0 N–H and O–H groups in total. The van der Waals surface area contributed by atoms with Crippen LogP contribution in [0.1, 0.15) is 40.0 Å². The van der Waals surface area contributed by atoms with Crippen LogP contribution in [-0.2, 0) is 13.0 Å². The zero-order valence-electron chi connectivity index (χ0n) is 13.3. The van der Waals surface area contributed by atoms with Crippen molar-refractivity contribution in [2.75, 3.05) is 13.2 Å². The van der Waals surface area contributed by atoms with Gasteiger partial charge < -0.3 is 13.0 Å². The van der Waals surface area contributed by atoms with Crippen LogP contribution in [0.2, 0.25) is 26.2 Å². The van der Waals surface area contributed by atoms with E-state index in [4.69, 9.17) is 13.0 Å². The van der Waals surface area contributed by atoms with E-state index in [0.29, 0.717) is 5.92 Å². The van der Waals surface area contributed by atoms with Crippen molar-refractivity contribution in [3.05, 3.63) is 0 Å². The molecule has 18 heavy (non-hydrogen) atoms. The highest BCUT2D eigenvalue weighted by Crippen LogP contribution is 2.18. The van der Waals surface area contributed by atoms with Crippen LogP contribution in [0.5, 0.6) is 0 Å². The summed E-state index contributed by atoms with van der Waals surface area (Å²) in [6.07, 6.45) is 3.59. The van der Waals surface area contributed by atoms with Crippen LogP contribution in [0.15, 0.2) is 0 Å². The van der Waals surface area contributed by atoms with Crippen LogP contribution < -0.4 is 0 Å². The van der Waals surface area contributed by atoms with Gasteiger partial charge in [-0.1, -0.05) is 33.6 Å². The lowest BCUT2D eigenvalue weighted by molar-refractivity contribution is 0.179. The summed E-state index contributed by atoms with van der Waals surface area (Å²) in [6, 6.07) is 0. The van der Waals surface area contributed by atoms with Crippen molar-refractivity contribution in [1.82, 2.24) is 0 Å². The molecule has 0 aliphatic heterocycles. The van der Waals surface area contributed by atoms with E-state index in [1.54, 1.807) is 0 Å². The van der Waals surface area contributed by atoms with E-state index in [1.165, 1.54) is 12.8 Å². The number of hydrogen-bond acceptors (Lipinski definition) is 3. The van der Waals surface area contributed by atoms with E-state index in [-0.39, 0.29) is 0 Å². The Morgan fingerprint density at radius 1 is 0.889 bits per heavy atom. The molecule has 0 radical (unpaired) electrons. The first-order chi connectivity index (χ1) is 8.18. The summed E-state index contributed by atoms with van der Waals surface area (Å²) >= 11 is 0. The van der Waals surface area contributed by atoms with Gasteiger partial charge in [0.05, 0.1) is 0 Å². The van der Waals surface area contributed by atoms with E-state index in [1.807, 2.05) is 0 Å². The molecule has 0 bridgehead atoms. The molecule has 110 valence electrons. The molecule has 0 atom stereocenters. The van der Waals surface area contributed by atoms with Gasteiger partial charge in [0.25, 0.3) is 0 Å². The van der Waals surface area contributed by atoms with Gasteiger partial charge in [0.15, 0.2) is 0 Å². The Hall–Kier alpha value is 0.314.